The molecule has 1 N–H and O–H groups in total. The fraction of sp³-hybridized carbons (Fsp3) is 0.458. The molecule has 0 saturated carbocycles. The molecule has 2 aromatic rings. The molecule has 0 aromatic heterocycles. The van der Waals surface area contributed by atoms with Gasteiger partial charge >= 0.3 is 0 Å². The second-order valence-electron chi connectivity index (χ2n) is 7.55. The first-order chi connectivity index (χ1) is 15.5. The number of benzene rings is 2. The predicted molar refractivity (Wildman–Crippen MR) is 121 cm³/mol. The third kappa shape index (κ3) is 5.19. The van der Waals surface area contributed by atoms with Gasteiger partial charge in [-0.05, 0) is 55.3 Å². The van der Waals surface area contributed by atoms with Crippen LogP contribution < -0.4 is 29.0 Å². The smallest absolute Gasteiger partial charge is 0.234 e. The van der Waals surface area contributed by atoms with E-state index in [1.807, 2.05) is 30.3 Å². The Bertz CT molecular complexity index is 908. The molecule has 1 unspecified atom stereocenters. The molecule has 1 fully saturated rings. The molecular weight excluding hydrogens is 412 g/mol. The molecule has 0 radical (unpaired) electrons. The van der Waals surface area contributed by atoms with E-state index in [-0.39, 0.29) is 11.9 Å². The number of methoxy groups -OCH3 is 5. The molecule has 8 nitrogen and oxygen atoms in total. The number of hydrogen-bond acceptors (Lipinski definition) is 7. The molecule has 1 saturated heterocycles. The molecule has 8 heteroatoms. The Labute approximate surface area is 189 Å². The monoisotopic (exact) mass is 444 g/mol. The third-order valence-electron chi connectivity index (χ3n) is 5.72. The maximum atomic E-state index is 12.8. The summed E-state index contributed by atoms with van der Waals surface area (Å²) in [6, 6.07) is 9.56. The van der Waals surface area contributed by atoms with Gasteiger partial charge in [0, 0.05) is 18.2 Å². The average Bonchev–Trinajstić information content (AvgIpc) is 3.29. The number of amides is 1. The summed E-state index contributed by atoms with van der Waals surface area (Å²) < 4.78 is 27.1. The number of hydrogen-bond donors (Lipinski definition) is 1. The molecule has 3 rings (SSSR count). The van der Waals surface area contributed by atoms with Crippen LogP contribution in [0.2, 0.25) is 0 Å². The molecular formula is C24H32N2O6. The molecule has 1 heterocycles. The fourth-order valence-electron chi connectivity index (χ4n) is 4.15. The number of rotatable bonds is 10. The Hall–Kier alpha value is -3.13. The van der Waals surface area contributed by atoms with Crippen LogP contribution in [0.15, 0.2) is 30.3 Å². The van der Waals surface area contributed by atoms with E-state index < -0.39 is 0 Å². The second kappa shape index (κ2) is 10.9. The summed E-state index contributed by atoms with van der Waals surface area (Å²) in [7, 11) is 8.01. The lowest BCUT2D eigenvalue weighted by atomic mass is 10.0. The van der Waals surface area contributed by atoms with Crippen LogP contribution in [0.3, 0.4) is 0 Å². The lowest BCUT2D eigenvalue weighted by Gasteiger charge is -2.26. The van der Waals surface area contributed by atoms with Crippen LogP contribution in [0.4, 0.5) is 0 Å². The van der Waals surface area contributed by atoms with Crippen molar-refractivity contribution in [3.05, 3.63) is 41.5 Å². The Morgan fingerprint density at radius 2 is 1.62 bits per heavy atom. The molecule has 1 atom stereocenters. The second-order valence-corrected chi connectivity index (χ2v) is 7.55. The summed E-state index contributed by atoms with van der Waals surface area (Å²) in [5.74, 6) is 3.17. The summed E-state index contributed by atoms with van der Waals surface area (Å²) in [4.78, 5) is 14.9. The Kier molecular flexibility index (Phi) is 8.05. The SMILES string of the molecule is COc1ccc(OC)c(C2CCCN2CC(=O)NCc2cc(OC)c(OC)c(OC)c2)c1. The molecule has 0 aliphatic carbocycles. The Morgan fingerprint density at radius 3 is 2.22 bits per heavy atom. The van der Waals surface area contributed by atoms with E-state index in [0.717, 1.165) is 42.0 Å². The van der Waals surface area contributed by atoms with E-state index in [1.54, 1.807) is 35.5 Å². The van der Waals surface area contributed by atoms with Crippen molar-refractivity contribution in [1.29, 1.82) is 0 Å². The summed E-state index contributed by atoms with van der Waals surface area (Å²) in [6.07, 6.45) is 1.98. The minimum atomic E-state index is -0.0486. The Balaban J connectivity index is 1.68. The van der Waals surface area contributed by atoms with Gasteiger partial charge in [-0.2, -0.15) is 0 Å². The van der Waals surface area contributed by atoms with Crippen molar-refractivity contribution in [3.63, 3.8) is 0 Å². The minimum Gasteiger partial charge on any atom is -0.497 e. The molecule has 1 aliphatic heterocycles. The van der Waals surface area contributed by atoms with Gasteiger partial charge in [0.05, 0.1) is 42.1 Å². The highest BCUT2D eigenvalue weighted by Gasteiger charge is 2.30. The van der Waals surface area contributed by atoms with Crippen LogP contribution in [0.5, 0.6) is 28.7 Å². The van der Waals surface area contributed by atoms with Gasteiger partial charge in [0.1, 0.15) is 11.5 Å². The largest absolute Gasteiger partial charge is 0.497 e. The number of ether oxygens (including phenoxy) is 5. The quantitative estimate of drug-likeness (QED) is 0.603. The van der Waals surface area contributed by atoms with Gasteiger partial charge in [-0.1, -0.05) is 0 Å². The van der Waals surface area contributed by atoms with Crippen molar-refractivity contribution in [2.75, 3.05) is 48.6 Å². The van der Waals surface area contributed by atoms with Gasteiger partial charge in [0.25, 0.3) is 0 Å². The van der Waals surface area contributed by atoms with Gasteiger partial charge in [0.2, 0.25) is 11.7 Å². The van der Waals surface area contributed by atoms with Gasteiger partial charge in [-0.25, -0.2) is 0 Å². The molecule has 2 aromatic carbocycles. The zero-order chi connectivity index (χ0) is 23.1. The molecule has 0 spiro atoms. The topological polar surface area (TPSA) is 78.5 Å². The van der Waals surface area contributed by atoms with E-state index in [0.29, 0.717) is 30.3 Å². The molecule has 174 valence electrons. The molecule has 32 heavy (non-hydrogen) atoms. The number of likely N-dealkylation sites (tertiary alicyclic amines) is 1. The first-order valence-corrected chi connectivity index (χ1v) is 10.6. The average molecular weight is 445 g/mol. The van der Waals surface area contributed by atoms with Crippen LogP contribution in [0.1, 0.15) is 30.0 Å². The lowest BCUT2D eigenvalue weighted by Crippen LogP contribution is -2.36. The minimum absolute atomic E-state index is 0.0486. The van der Waals surface area contributed by atoms with Gasteiger partial charge in [-0.15, -0.1) is 0 Å². The van der Waals surface area contributed by atoms with Crippen LogP contribution in [-0.4, -0.2) is 59.4 Å². The molecule has 1 amide bonds. The zero-order valence-electron chi connectivity index (χ0n) is 19.4. The van der Waals surface area contributed by atoms with E-state index in [1.165, 1.54) is 0 Å². The zero-order valence-corrected chi connectivity index (χ0v) is 19.4. The third-order valence-corrected chi connectivity index (χ3v) is 5.72. The maximum Gasteiger partial charge on any atom is 0.234 e. The number of carbonyl (C=O) groups is 1. The van der Waals surface area contributed by atoms with Crippen LogP contribution in [-0.2, 0) is 11.3 Å². The normalized spacial score (nSPS) is 15.8. The first-order valence-electron chi connectivity index (χ1n) is 10.6. The standard InChI is InChI=1S/C24H32N2O6/c1-28-17-8-9-20(29-2)18(13-17)19-7-6-10-26(19)15-23(27)25-14-16-11-21(30-3)24(32-5)22(12-16)31-4/h8-9,11-13,19H,6-7,10,14-15H2,1-5H3,(H,25,27). The van der Waals surface area contributed by atoms with E-state index in [2.05, 4.69) is 10.2 Å². The van der Waals surface area contributed by atoms with Gasteiger partial charge in [-0.3, -0.25) is 9.69 Å². The van der Waals surface area contributed by atoms with Crippen molar-refractivity contribution in [3.8, 4) is 28.7 Å². The maximum absolute atomic E-state index is 12.8. The van der Waals surface area contributed by atoms with Crippen molar-refractivity contribution in [1.82, 2.24) is 10.2 Å². The Morgan fingerprint density at radius 1 is 0.938 bits per heavy atom. The van der Waals surface area contributed by atoms with Crippen LogP contribution in [0, 0.1) is 0 Å². The predicted octanol–water partition coefficient (Wildman–Crippen LogP) is 3.18. The summed E-state index contributed by atoms with van der Waals surface area (Å²) in [5, 5.41) is 3.00. The highest BCUT2D eigenvalue weighted by atomic mass is 16.5. The van der Waals surface area contributed by atoms with E-state index in [9.17, 15) is 4.79 Å². The van der Waals surface area contributed by atoms with Crippen LogP contribution >= 0.6 is 0 Å². The van der Waals surface area contributed by atoms with Gasteiger partial charge in [0.15, 0.2) is 11.5 Å². The van der Waals surface area contributed by atoms with Gasteiger partial charge < -0.3 is 29.0 Å². The lowest BCUT2D eigenvalue weighted by molar-refractivity contribution is -0.122. The highest BCUT2D eigenvalue weighted by Crippen LogP contribution is 2.39. The summed E-state index contributed by atoms with van der Waals surface area (Å²) in [6.45, 7) is 1.51. The van der Waals surface area contributed by atoms with Crippen molar-refractivity contribution < 1.29 is 28.5 Å². The first kappa shape index (κ1) is 23.5. The highest BCUT2D eigenvalue weighted by molar-refractivity contribution is 5.78. The number of nitrogens with one attached hydrogen (secondary N) is 1. The summed E-state index contributed by atoms with van der Waals surface area (Å²) >= 11 is 0. The fourth-order valence-corrected chi connectivity index (χ4v) is 4.15. The van der Waals surface area contributed by atoms with E-state index in [4.69, 9.17) is 23.7 Å². The molecule has 0 bridgehead atoms. The summed E-state index contributed by atoms with van der Waals surface area (Å²) in [5.41, 5.74) is 1.90. The number of nitrogens with zero attached hydrogens (tertiary/aromatic N) is 1. The van der Waals surface area contributed by atoms with Crippen LogP contribution in [0.25, 0.3) is 0 Å². The van der Waals surface area contributed by atoms with Crippen molar-refractivity contribution >= 4 is 5.91 Å². The van der Waals surface area contributed by atoms with Crippen molar-refractivity contribution in [2.24, 2.45) is 0 Å². The molecule has 1 aliphatic rings. The van der Waals surface area contributed by atoms with Crippen molar-refractivity contribution in [2.45, 2.75) is 25.4 Å². The van der Waals surface area contributed by atoms with E-state index >= 15 is 0 Å². The number of carbonyl (C=O) groups excluding carboxylic acids is 1.